The van der Waals surface area contributed by atoms with E-state index < -0.39 is 72.6 Å². The second-order valence-electron chi connectivity index (χ2n) is 14.2. The van der Waals surface area contributed by atoms with E-state index in [0.29, 0.717) is 6.42 Å². The normalized spacial score (nSPS) is 12.7. The zero-order valence-electron chi connectivity index (χ0n) is 31.8. The Morgan fingerprint density at radius 3 is 0.925 bits per heavy atom. The van der Waals surface area contributed by atoms with Gasteiger partial charge in [0.1, 0.15) is 23.9 Å². The topological polar surface area (TPSA) is 254 Å². The first-order chi connectivity index (χ1) is 25.1. The molecule has 0 aliphatic carbocycles. The third-order valence-electron chi connectivity index (χ3n) is 9.09. The van der Waals surface area contributed by atoms with Gasteiger partial charge in [-0.05, 0) is 32.1 Å². The van der Waals surface area contributed by atoms with E-state index in [1.807, 2.05) is 0 Å². The molecule has 0 unspecified atom stereocenters. The molecule has 0 aliphatic rings. The lowest BCUT2D eigenvalue weighted by molar-refractivity contribution is -0.144. The Morgan fingerprint density at radius 1 is 0.377 bits per heavy atom. The fraction of sp³-hybridized carbons (Fsp3) is 0.789. The molecule has 0 spiro atoms. The van der Waals surface area contributed by atoms with E-state index in [-0.39, 0.29) is 50.2 Å². The van der Waals surface area contributed by atoms with Crippen molar-refractivity contribution in [1.82, 2.24) is 16.0 Å². The molecule has 15 heteroatoms. The number of unbranched alkanes of at least 4 members (excludes halogenated alkanes) is 15. The number of rotatable bonds is 35. The highest BCUT2D eigenvalue weighted by atomic mass is 16.4. The van der Waals surface area contributed by atoms with Gasteiger partial charge in [-0.15, -0.1) is 0 Å². The maximum Gasteiger partial charge on any atom is 0.326 e. The summed E-state index contributed by atoms with van der Waals surface area (Å²) in [5.74, 6) is -7.27. The number of nitrogens with one attached hydrogen (secondary N) is 3. The average molecular weight is 756 g/mol. The molecule has 0 bridgehead atoms. The molecule has 3 amide bonds. The molecule has 0 aromatic heterocycles. The first-order valence-corrected chi connectivity index (χ1v) is 19.4. The summed E-state index contributed by atoms with van der Waals surface area (Å²) in [6.45, 7) is 3.35. The number of hydrogen-bond acceptors (Lipinski definition) is 8. The van der Waals surface area contributed by atoms with Crippen molar-refractivity contribution in [3.8, 4) is 0 Å². The van der Waals surface area contributed by atoms with Crippen LogP contribution in [0.3, 0.4) is 0 Å². The fourth-order valence-electron chi connectivity index (χ4n) is 5.73. The second kappa shape index (κ2) is 30.4. The van der Waals surface area contributed by atoms with Gasteiger partial charge in [-0.1, -0.05) is 104 Å². The lowest BCUT2D eigenvalue weighted by atomic mass is 10.0. The molecule has 0 aromatic rings. The molecule has 53 heavy (non-hydrogen) atoms. The van der Waals surface area contributed by atoms with Crippen molar-refractivity contribution in [2.45, 2.75) is 186 Å². The molecule has 0 fully saturated rings. The molecule has 0 heterocycles. The molecular weight excluding hydrogens is 690 g/mol. The molecule has 3 atom stereocenters. The van der Waals surface area contributed by atoms with Gasteiger partial charge in [-0.25, -0.2) is 14.4 Å². The van der Waals surface area contributed by atoms with E-state index in [1.165, 1.54) is 51.4 Å². The van der Waals surface area contributed by atoms with Crippen molar-refractivity contribution < 1.29 is 58.8 Å². The monoisotopic (exact) mass is 755 g/mol. The minimum atomic E-state index is -1.49. The fourth-order valence-corrected chi connectivity index (χ4v) is 5.73. The zero-order valence-corrected chi connectivity index (χ0v) is 31.8. The van der Waals surface area contributed by atoms with Crippen LogP contribution in [0.4, 0.5) is 0 Å². The van der Waals surface area contributed by atoms with E-state index in [0.717, 1.165) is 44.9 Å². The number of carboxylic acids is 4. The summed E-state index contributed by atoms with van der Waals surface area (Å²) < 4.78 is 0. The standard InChI is InChI=1S/C38H65N3O12/c1-27(2)31(42)24-21-28(36(48)49)40-33(44)26-23-30(38(52)53)41-34(45)25-22-29(37(50)51)39-32(43)19-17-15-13-11-9-7-5-3-4-6-8-10-12-14-16-18-20-35(46)47/h27-30H,3-26H2,1-2H3,(H,39,43)(H,40,44)(H,41,45)(H,46,47)(H,48,49)(H,50,51)(H,52,53)/t28-,29-,30-/m0/s1. The Labute approximate surface area is 313 Å². The van der Waals surface area contributed by atoms with E-state index in [2.05, 4.69) is 16.0 Å². The SMILES string of the molecule is CC(C)C(=O)CC[C@H](NC(=O)CC[C@H](NC(=O)CC[C@H](NC(=O)CCCCCCCCCCCCCCCCCCC(=O)O)C(=O)O)C(=O)O)C(=O)O. The van der Waals surface area contributed by atoms with Crippen LogP contribution >= 0.6 is 0 Å². The lowest BCUT2D eigenvalue weighted by Crippen LogP contribution is -2.45. The zero-order chi connectivity index (χ0) is 40.0. The minimum Gasteiger partial charge on any atom is -0.481 e. The van der Waals surface area contributed by atoms with Gasteiger partial charge >= 0.3 is 23.9 Å². The van der Waals surface area contributed by atoms with E-state index >= 15 is 0 Å². The van der Waals surface area contributed by atoms with Crippen molar-refractivity contribution in [3.63, 3.8) is 0 Å². The number of amides is 3. The smallest absolute Gasteiger partial charge is 0.326 e. The van der Waals surface area contributed by atoms with Gasteiger partial charge in [-0.2, -0.15) is 0 Å². The van der Waals surface area contributed by atoms with Crippen LogP contribution in [0.5, 0.6) is 0 Å². The summed E-state index contributed by atoms with van der Waals surface area (Å²) in [5, 5.41) is 43.9. The third-order valence-corrected chi connectivity index (χ3v) is 9.09. The molecule has 0 rings (SSSR count). The van der Waals surface area contributed by atoms with Crippen molar-refractivity contribution >= 4 is 47.4 Å². The number of Topliss-reactive ketones (excluding diaryl/α,β-unsaturated/α-hetero) is 1. The summed E-state index contributed by atoms with van der Waals surface area (Å²) in [6.07, 6.45) is 16.0. The third kappa shape index (κ3) is 28.2. The van der Waals surface area contributed by atoms with Gasteiger partial charge < -0.3 is 36.4 Å². The summed E-state index contributed by atoms with van der Waals surface area (Å²) in [5.41, 5.74) is 0. The van der Waals surface area contributed by atoms with Gasteiger partial charge in [0.15, 0.2) is 0 Å². The number of aliphatic carboxylic acids is 4. The Kier molecular flexibility index (Phi) is 28.1. The predicted octanol–water partition coefficient (Wildman–Crippen LogP) is 5.37. The number of carbonyl (C=O) groups is 8. The van der Waals surface area contributed by atoms with Crippen LogP contribution in [0, 0.1) is 5.92 Å². The Hall–Kier alpha value is -4.04. The molecular formula is C38H65N3O12. The van der Waals surface area contributed by atoms with Crippen LogP contribution in [0.1, 0.15) is 168 Å². The second-order valence-corrected chi connectivity index (χ2v) is 14.2. The quantitative estimate of drug-likeness (QED) is 0.0403. The van der Waals surface area contributed by atoms with Gasteiger partial charge in [0.2, 0.25) is 17.7 Å². The Bertz CT molecular complexity index is 1140. The van der Waals surface area contributed by atoms with Crippen LogP contribution in [0.15, 0.2) is 0 Å². The van der Waals surface area contributed by atoms with Crippen LogP contribution in [0.25, 0.3) is 0 Å². The van der Waals surface area contributed by atoms with Crippen LogP contribution in [0.2, 0.25) is 0 Å². The van der Waals surface area contributed by atoms with Gasteiger partial charge in [0.25, 0.3) is 0 Å². The van der Waals surface area contributed by atoms with Crippen LogP contribution in [-0.4, -0.2) is 85.9 Å². The van der Waals surface area contributed by atoms with Crippen molar-refractivity contribution in [1.29, 1.82) is 0 Å². The highest BCUT2D eigenvalue weighted by molar-refractivity contribution is 5.87. The number of hydrogen-bond donors (Lipinski definition) is 7. The first-order valence-electron chi connectivity index (χ1n) is 19.4. The lowest BCUT2D eigenvalue weighted by Gasteiger charge is -2.18. The summed E-state index contributed by atoms with van der Waals surface area (Å²) in [4.78, 5) is 94.3. The molecule has 0 saturated carbocycles. The maximum absolute atomic E-state index is 12.4. The van der Waals surface area contributed by atoms with E-state index in [9.17, 15) is 53.7 Å². The molecule has 0 aromatic carbocycles. The largest absolute Gasteiger partial charge is 0.481 e. The Balaban J connectivity index is 4.21. The van der Waals surface area contributed by atoms with Crippen molar-refractivity contribution in [3.05, 3.63) is 0 Å². The van der Waals surface area contributed by atoms with E-state index in [1.54, 1.807) is 13.8 Å². The average Bonchev–Trinajstić information content (AvgIpc) is 3.08. The Morgan fingerprint density at radius 2 is 0.642 bits per heavy atom. The van der Waals surface area contributed by atoms with Crippen molar-refractivity contribution in [2.24, 2.45) is 5.92 Å². The molecule has 7 N–H and O–H groups in total. The highest BCUT2D eigenvalue weighted by Crippen LogP contribution is 2.15. The van der Waals surface area contributed by atoms with Gasteiger partial charge in [0.05, 0.1) is 0 Å². The molecule has 0 saturated heterocycles. The van der Waals surface area contributed by atoms with Gasteiger partial charge in [-0.3, -0.25) is 24.0 Å². The summed E-state index contributed by atoms with van der Waals surface area (Å²) in [7, 11) is 0. The summed E-state index contributed by atoms with van der Waals surface area (Å²) in [6, 6.07) is -4.17. The number of ketones is 1. The minimum absolute atomic E-state index is 0.0495. The molecule has 15 nitrogen and oxygen atoms in total. The summed E-state index contributed by atoms with van der Waals surface area (Å²) >= 11 is 0. The van der Waals surface area contributed by atoms with Gasteiger partial charge in [0, 0.05) is 38.0 Å². The maximum atomic E-state index is 12.4. The number of carbonyl (C=O) groups excluding carboxylic acids is 4. The molecule has 0 radical (unpaired) electrons. The number of carboxylic acid groups (broad SMARTS) is 4. The van der Waals surface area contributed by atoms with E-state index in [4.69, 9.17) is 5.11 Å². The molecule has 0 aliphatic heterocycles. The van der Waals surface area contributed by atoms with Crippen LogP contribution < -0.4 is 16.0 Å². The first kappa shape index (κ1) is 49.0. The van der Waals surface area contributed by atoms with Crippen LogP contribution in [-0.2, 0) is 38.4 Å². The highest BCUT2D eigenvalue weighted by Gasteiger charge is 2.26. The molecule has 304 valence electrons. The predicted molar refractivity (Wildman–Crippen MR) is 197 cm³/mol. The van der Waals surface area contributed by atoms with Crippen molar-refractivity contribution in [2.75, 3.05) is 0 Å².